The van der Waals surface area contributed by atoms with Gasteiger partial charge in [-0.05, 0) is 30.0 Å². The summed E-state index contributed by atoms with van der Waals surface area (Å²) in [7, 11) is 0. The first kappa shape index (κ1) is 12.4. The minimum Gasteiger partial charge on any atom is -0.122 e. The first-order chi connectivity index (χ1) is 6.56. The van der Waals surface area contributed by atoms with Crippen molar-refractivity contribution in [3.8, 4) is 0 Å². The molecule has 0 saturated heterocycles. The molecule has 14 heavy (non-hydrogen) atoms. The monoisotopic (exact) mass is 294 g/mol. The standard InChI is InChI=1S/C11H13BrCl2/c1-3-10(13)7(2)9-5-4-8(12)6-11(9)14/h4-7,10H,3H2,1-2H3. The predicted octanol–water partition coefficient (Wildman–Crippen LogP) is 5.22. The number of benzene rings is 1. The molecule has 0 aliphatic carbocycles. The molecule has 1 aromatic carbocycles. The molecule has 0 amide bonds. The highest BCUT2D eigenvalue weighted by Gasteiger charge is 2.17. The van der Waals surface area contributed by atoms with Crippen molar-refractivity contribution in [3.05, 3.63) is 33.3 Å². The minimum atomic E-state index is 0.147. The van der Waals surface area contributed by atoms with E-state index in [1.807, 2.05) is 18.2 Å². The maximum Gasteiger partial charge on any atom is 0.0452 e. The van der Waals surface area contributed by atoms with Crippen molar-refractivity contribution in [2.45, 2.75) is 31.6 Å². The molecular weight excluding hydrogens is 283 g/mol. The van der Waals surface area contributed by atoms with E-state index in [9.17, 15) is 0 Å². The molecule has 2 unspecified atom stereocenters. The van der Waals surface area contributed by atoms with E-state index >= 15 is 0 Å². The summed E-state index contributed by atoms with van der Waals surface area (Å²) in [5.74, 6) is 0.294. The van der Waals surface area contributed by atoms with E-state index in [1.165, 1.54) is 0 Å². The van der Waals surface area contributed by atoms with Crippen molar-refractivity contribution < 1.29 is 0 Å². The molecular formula is C11H13BrCl2. The van der Waals surface area contributed by atoms with Crippen LogP contribution in [0.1, 0.15) is 31.7 Å². The Morgan fingerprint density at radius 2 is 2.07 bits per heavy atom. The van der Waals surface area contributed by atoms with Crippen LogP contribution < -0.4 is 0 Å². The van der Waals surface area contributed by atoms with E-state index in [4.69, 9.17) is 23.2 Å². The number of hydrogen-bond donors (Lipinski definition) is 0. The third kappa shape index (κ3) is 2.88. The van der Waals surface area contributed by atoms with Crippen LogP contribution in [0.5, 0.6) is 0 Å². The molecule has 3 heteroatoms. The highest BCUT2D eigenvalue weighted by atomic mass is 79.9. The van der Waals surface area contributed by atoms with Crippen molar-refractivity contribution in [2.24, 2.45) is 0 Å². The molecule has 1 aromatic rings. The molecule has 0 fully saturated rings. The molecule has 0 heterocycles. The van der Waals surface area contributed by atoms with Crippen molar-refractivity contribution in [2.75, 3.05) is 0 Å². The zero-order valence-electron chi connectivity index (χ0n) is 8.23. The fourth-order valence-electron chi connectivity index (χ4n) is 1.42. The summed E-state index contributed by atoms with van der Waals surface area (Å²) in [6, 6.07) is 5.94. The fourth-order valence-corrected chi connectivity index (χ4v) is 2.40. The largest absolute Gasteiger partial charge is 0.122 e. The molecule has 78 valence electrons. The average molecular weight is 296 g/mol. The maximum absolute atomic E-state index is 6.19. The van der Waals surface area contributed by atoms with E-state index in [1.54, 1.807) is 0 Å². The molecule has 0 aromatic heterocycles. The smallest absolute Gasteiger partial charge is 0.0452 e. The summed E-state index contributed by atoms with van der Waals surface area (Å²) in [5.41, 5.74) is 1.12. The Morgan fingerprint density at radius 1 is 1.43 bits per heavy atom. The van der Waals surface area contributed by atoms with Crippen molar-refractivity contribution >= 4 is 39.1 Å². The lowest BCUT2D eigenvalue weighted by molar-refractivity contribution is 0.675. The summed E-state index contributed by atoms with van der Waals surface area (Å²) in [4.78, 5) is 0. The van der Waals surface area contributed by atoms with Gasteiger partial charge in [-0.3, -0.25) is 0 Å². The first-order valence-electron chi connectivity index (χ1n) is 4.65. The predicted molar refractivity (Wildman–Crippen MR) is 67.5 cm³/mol. The zero-order valence-corrected chi connectivity index (χ0v) is 11.3. The molecule has 1 rings (SSSR count). The topological polar surface area (TPSA) is 0 Å². The summed E-state index contributed by atoms with van der Waals surface area (Å²) < 4.78 is 1.00. The Labute approximate surface area is 104 Å². The van der Waals surface area contributed by atoms with Gasteiger partial charge in [-0.1, -0.05) is 47.4 Å². The van der Waals surface area contributed by atoms with Crippen LogP contribution in [0.15, 0.2) is 22.7 Å². The van der Waals surface area contributed by atoms with E-state index in [0.29, 0.717) is 5.92 Å². The van der Waals surface area contributed by atoms with Gasteiger partial charge in [0.25, 0.3) is 0 Å². The normalized spacial score (nSPS) is 15.2. The molecule has 0 spiro atoms. The second-order valence-electron chi connectivity index (χ2n) is 3.38. The Kier molecular flexibility index (Phi) is 4.75. The Bertz CT molecular complexity index is 312. The fraction of sp³-hybridized carbons (Fsp3) is 0.455. The van der Waals surface area contributed by atoms with E-state index in [-0.39, 0.29) is 5.38 Å². The number of halogens is 3. The Balaban J connectivity index is 2.95. The van der Waals surface area contributed by atoms with Crippen LogP contribution in [0.3, 0.4) is 0 Å². The van der Waals surface area contributed by atoms with Crippen LogP contribution in [0.2, 0.25) is 5.02 Å². The first-order valence-corrected chi connectivity index (χ1v) is 6.26. The molecule has 0 nitrogen and oxygen atoms in total. The van der Waals surface area contributed by atoms with Crippen LogP contribution in [0.25, 0.3) is 0 Å². The van der Waals surface area contributed by atoms with Gasteiger partial charge in [0, 0.05) is 14.9 Å². The quantitative estimate of drug-likeness (QED) is 0.670. The number of alkyl halides is 1. The highest BCUT2D eigenvalue weighted by molar-refractivity contribution is 9.10. The van der Waals surface area contributed by atoms with Crippen molar-refractivity contribution in [1.82, 2.24) is 0 Å². The minimum absolute atomic E-state index is 0.147. The zero-order chi connectivity index (χ0) is 10.7. The molecule has 0 saturated carbocycles. The van der Waals surface area contributed by atoms with E-state index in [2.05, 4.69) is 29.8 Å². The second kappa shape index (κ2) is 5.39. The van der Waals surface area contributed by atoms with Gasteiger partial charge in [0.05, 0.1) is 0 Å². The molecule has 2 atom stereocenters. The van der Waals surface area contributed by atoms with Gasteiger partial charge in [0.2, 0.25) is 0 Å². The molecule has 0 radical (unpaired) electrons. The Morgan fingerprint density at radius 3 is 2.57 bits per heavy atom. The van der Waals surface area contributed by atoms with Gasteiger partial charge in [0.15, 0.2) is 0 Å². The van der Waals surface area contributed by atoms with E-state index < -0.39 is 0 Å². The van der Waals surface area contributed by atoms with Gasteiger partial charge in [-0.2, -0.15) is 0 Å². The number of rotatable bonds is 3. The number of hydrogen-bond acceptors (Lipinski definition) is 0. The average Bonchev–Trinajstić information content (AvgIpc) is 2.15. The van der Waals surface area contributed by atoms with Crippen LogP contribution in [0, 0.1) is 0 Å². The third-order valence-electron chi connectivity index (χ3n) is 2.39. The summed E-state index contributed by atoms with van der Waals surface area (Å²) >= 11 is 15.7. The maximum atomic E-state index is 6.19. The van der Waals surface area contributed by atoms with Gasteiger partial charge in [0.1, 0.15) is 0 Å². The van der Waals surface area contributed by atoms with Gasteiger partial charge in [-0.15, -0.1) is 11.6 Å². The van der Waals surface area contributed by atoms with Crippen molar-refractivity contribution in [1.29, 1.82) is 0 Å². The van der Waals surface area contributed by atoms with Crippen LogP contribution >= 0.6 is 39.1 Å². The summed E-state index contributed by atoms with van der Waals surface area (Å²) in [6.45, 7) is 4.19. The highest BCUT2D eigenvalue weighted by Crippen LogP contribution is 2.32. The van der Waals surface area contributed by atoms with Gasteiger partial charge >= 0.3 is 0 Å². The van der Waals surface area contributed by atoms with E-state index in [0.717, 1.165) is 21.5 Å². The van der Waals surface area contributed by atoms with Crippen LogP contribution in [-0.2, 0) is 0 Å². The summed E-state index contributed by atoms with van der Waals surface area (Å²) in [5, 5.41) is 0.930. The molecule has 0 aliphatic rings. The van der Waals surface area contributed by atoms with Crippen LogP contribution in [-0.4, -0.2) is 5.38 Å². The molecule has 0 N–H and O–H groups in total. The van der Waals surface area contributed by atoms with Crippen molar-refractivity contribution in [3.63, 3.8) is 0 Å². The third-order valence-corrected chi connectivity index (χ3v) is 3.89. The molecule has 0 aliphatic heterocycles. The lowest BCUT2D eigenvalue weighted by atomic mass is 9.96. The van der Waals surface area contributed by atoms with Gasteiger partial charge in [-0.25, -0.2) is 0 Å². The SMILES string of the molecule is CCC(Cl)C(C)c1ccc(Br)cc1Cl. The Hall–Kier alpha value is 0.280. The summed E-state index contributed by atoms with van der Waals surface area (Å²) in [6.07, 6.45) is 0.953. The molecule has 0 bridgehead atoms. The lowest BCUT2D eigenvalue weighted by Gasteiger charge is -2.18. The van der Waals surface area contributed by atoms with Crippen LogP contribution in [0.4, 0.5) is 0 Å². The second-order valence-corrected chi connectivity index (χ2v) is 5.26. The lowest BCUT2D eigenvalue weighted by Crippen LogP contribution is -2.08. The van der Waals surface area contributed by atoms with Gasteiger partial charge < -0.3 is 0 Å².